The summed E-state index contributed by atoms with van der Waals surface area (Å²) in [5.74, 6) is -0.126. The molecule has 0 saturated carbocycles. The van der Waals surface area contributed by atoms with E-state index in [0.717, 1.165) is 19.5 Å². The molecule has 17 heavy (non-hydrogen) atoms. The normalized spacial score (nSPS) is 15.2. The Morgan fingerprint density at radius 2 is 2.29 bits per heavy atom. The monoisotopic (exact) mass is 233 g/mol. The highest BCUT2D eigenvalue weighted by Crippen LogP contribution is 2.10. The molecule has 1 aromatic heterocycles. The molecule has 4 N–H and O–H groups in total. The van der Waals surface area contributed by atoms with Gasteiger partial charge in [-0.15, -0.1) is 0 Å². The number of carbonyl (C=O) groups is 1. The fourth-order valence-corrected chi connectivity index (χ4v) is 1.68. The molecule has 0 fully saturated rings. The lowest BCUT2D eigenvalue weighted by Gasteiger charge is -2.15. The first-order valence-electron chi connectivity index (χ1n) is 5.50. The van der Waals surface area contributed by atoms with Crippen molar-refractivity contribution in [1.29, 1.82) is 0 Å². The summed E-state index contributed by atoms with van der Waals surface area (Å²) < 4.78 is 0. The molecule has 2 rings (SSSR count). The molecule has 1 aliphatic heterocycles. The van der Waals surface area contributed by atoms with Gasteiger partial charge in [0.05, 0.1) is 0 Å². The van der Waals surface area contributed by atoms with Gasteiger partial charge >= 0.3 is 0 Å². The number of hydrogen-bond acceptors (Lipinski definition) is 5. The molecule has 2 heterocycles. The van der Waals surface area contributed by atoms with Crippen LogP contribution in [0.4, 0.5) is 5.82 Å². The molecule has 0 aromatic carbocycles. The zero-order valence-electron chi connectivity index (χ0n) is 9.44. The van der Waals surface area contributed by atoms with Gasteiger partial charge in [0, 0.05) is 25.5 Å². The van der Waals surface area contributed by atoms with Crippen molar-refractivity contribution in [3.05, 3.63) is 29.7 Å². The number of nitrogens with one attached hydrogen (secondary N) is 2. The van der Waals surface area contributed by atoms with Crippen LogP contribution in [0.25, 0.3) is 0 Å². The van der Waals surface area contributed by atoms with Gasteiger partial charge in [-0.3, -0.25) is 4.79 Å². The van der Waals surface area contributed by atoms with Gasteiger partial charge in [-0.05, 0) is 13.0 Å². The Bertz CT molecular complexity index is 443. The van der Waals surface area contributed by atoms with Crippen molar-refractivity contribution in [2.45, 2.75) is 6.42 Å². The third-order valence-electron chi connectivity index (χ3n) is 2.57. The largest absolute Gasteiger partial charge is 0.364 e. The predicted octanol–water partition coefficient (Wildman–Crippen LogP) is -0.0929. The van der Waals surface area contributed by atoms with E-state index in [1.807, 2.05) is 0 Å². The zero-order valence-corrected chi connectivity index (χ0v) is 9.44. The molecule has 6 nitrogen and oxygen atoms in total. The topological polar surface area (TPSA) is 92.9 Å². The zero-order chi connectivity index (χ0) is 12.1. The van der Waals surface area contributed by atoms with Crippen LogP contribution in [0.1, 0.15) is 16.9 Å². The fourth-order valence-electron chi connectivity index (χ4n) is 1.68. The summed E-state index contributed by atoms with van der Waals surface area (Å²) in [6.07, 6.45) is 6.12. The lowest BCUT2D eigenvalue weighted by Crippen LogP contribution is -2.24. The van der Waals surface area contributed by atoms with Gasteiger partial charge in [-0.25, -0.2) is 9.97 Å². The maximum atomic E-state index is 11.1. The van der Waals surface area contributed by atoms with Crippen LogP contribution in [0.3, 0.4) is 0 Å². The standard InChI is InChI=1S/C11H15N5O/c12-10(17)9-11(15-6-5-14-9)16-7-8-1-3-13-4-2-8/h1,5-6,13H,2-4,7H2,(H2,12,17)(H,15,16). The van der Waals surface area contributed by atoms with Crippen LogP contribution in [-0.4, -0.2) is 35.5 Å². The Labute approximate surface area is 99.3 Å². The van der Waals surface area contributed by atoms with Gasteiger partial charge < -0.3 is 16.4 Å². The summed E-state index contributed by atoms with van der Waals surface area (Å²) >= 11 is 0. The molecule has 90 valence electrons. The molecule has 6 heteroatoms. The number of nitrogens with zero attached hydrogens (tertiary/aromatic N) is 2. The van der Waals surface area contributed by atoms with Crippen molar-refractivity contribution in [3.63, 3.8) is 0 Å². The summed E-state index contributed by atoms with van der Waals surface area (Å²) in [6.45, 7) is 2.54. The van der Waals surface area contributed by atoms with Crippen molar-refractivity contribution in [2.24, 2.45) is 5.73 Å². The van der Waals surface area contributed by atoms with E-state index in [-0.39, 0.29) is 5.69 Å². The number of anilines is 1. The average molecular weight is 233 g/mol. The van der Waals surface area contributed by atoms with Crippen molar-refractivity contribution in [1.82, 2.24) is 15.3 Å². The highest BCUT2D eigenvalue weighted by molar-refractivity contribution is 5.95. The number of aromatic nitrogens is 2. The van der Waals surface area contributed by atoms with Crippen LogP contribution in [0, 0.1) is 0 Å². The van der Waals surface area contributed by atoms with Gasteiger partial charge in [0.1, 0.15) is 0 Å². The fraction of sp³-hybridized carbons (Fsp3) is 0.364. The van der Waals surface area contributed by atoms with Crippen LogP contribution < -0.4 is 16.4 Å². The second kappa shape index (κ2) is 5.40. The van der Waals surface area contributed by atoms with Gasteiger partial charge in [0.15, 0.2) is 11.5 Å². The number of carbonyl (C=O) groups excluding carboxylic acids is 1. The maximum Gasteiger partial charge on any atom is 0.271 e. The summed E-state index contributed by atoms with van der Waals surface area (Å²) in [6, 6.07) is 0. The molecule has 0 saturated heterocycles. The lowest BCUT2D eigenvalue weighted by atomic mass is 10.1. The van der Waals surface area contributed by atoms with Crippen molar-refractivity contribution >= 4 is 11.7 Å². The summed E-state index contributed by atoms with van der Waals surface area (Å²) in [5, 5.41) is 6.33. The van der Waals surface area contributed by atoms with Gasteiger partial charge in [0.2, 0.25) is 0 Å². The van der Waals surface area contributed by atoms with Gasteiger partial charge in [-0.2, -0.15) is 0 Å². The molecular weight excluding hydrogens is 218 g/mol. The Morgan fingerprint density at radius 3 is 3.00 bits per heavy atom. The van der Waals surface area contributed by atoms with Crippen LogP contribution >= 0.6 is 0 Å². The summed E-state index contributed by atoms with van der Waals surface area (Å²) in [5.41, 5.74) is 6.70. The molecule has 0 aliphatic carbocycles. The third-order valence-corrected chi connectivity index (χ3v) is 2.57. The first kappa shape index (κ1) is 11.5. The molecule has 0 atom stereocenters. The number of amides is 1. The SMILES string of the molecule is NC(=O)c1nccnc1NCC1=CCNCC1. The molecule has 0 unspecified atom stereocenters. The summed E-state index contributed by atoms with van der Waals surface area (Å²) in [4.78, 5) is 19.1. The number of primary amides is 1. The van der Waals surface area contributed by atoms with Crippen molar-refractivity contribution in [3.8, 4) is 0 Å². The van der Waals surface area contributed by atoms with Crippen LogP contribution in [0.15, 0.2) is 24.0 Å². The number of hydrogen-bond donors (Lipinski definition) is 3. The van der Waals surface area contributed by atoms with E-state index in [1.165, 1.54) is 18.0 Å². The Morgan fingerprint density at radius 1 is 1.47 bits per heavy atom. The van der Waals surface area contributed by atoms with E-state index in [2.05, 4.69) is 26.7 Å². The number of rotatable bonds is 4. The summed E-state index contributed by atoms with van der Waals surface area (Å²) in [7, 11) is 0. The maximum absolute atomic E-state index is 11.1. The molecule has 1 aliphatic rings. The van der Waals surface area contributed by atoms with Crippen LogP contribution in [-0.2, 0) is 0 Å². The highest BCUT2D eigenvalue weighted by Gasteiger charge is 2.11. The Hall–Kier alpha value is -1.95. The minimum atomic E-state index is -0.570. The number of nitrogens with two attached hydrogens (primary N) is 1. The highest BCUT2D eigenvalue weighted by atomic mass is 16.1. The average Bonchev–Trinajstić information content (AvgIpc) is 2.38. The molecule has 1 aromatic rings. The van der Waals surface area contributed by atoms with E-state index in [1.54, 1.807) is 0 Å². The minimum Gasteiger partial charge on any atom is -0.364 e. The molecule has 0 spiro atoms. The van der Waals surface area contributed by atoms with E-state index < -0.39 is 5.91 Å². The van der Waals surface area contributed by atoms with Crippen LogP contribution in [0.5, 0.6) is 0 Å². The lowest BCUT2D eigenvalue weighted by molar-refractivity contribution is 0.0996. The Balaban J connectivity index is 2.03. The van der Waals surface area contributed by atoms with E-state index in [4.69, 9.17) is 5.73 Å². The first-order valence-corrected chi connectivity index (χ1v) is 5.50. The smallest absolute Gasteiger partial charge is 0.271 e. The van der Waals surface area contributed by atoms with Gasteiger partial charge in [0.25, 0.3) is 5.91 Å². The van der Waals surface area contributed by atoms with E-state index in [9.17, 15) is 4.79 Å². The molecular formula is C11H15N5O. The van der Waals surface area contributed by atoms with Crippen LogP contribution in [0.2, 0.25) is 0 Å². The second-order valence-electron chi connectivity index (χ2n) is 3.79. The van der Waals surface area contributed by atoms with E-state index >= 15 is 0 Å². The first-order chi connectivity index (χ1) is 8.27. The third kappa shape index (κ3) is 3.01. The predicted molar refractivity (Wildman–Crippen MR) is 64.6 cm³/mol. The van der Waals surface area contributed by atoms with Crippen molar-refractivity contribution in [2.75, 3.05) is 25.0 Å². The Kier molecular flexibility index (Phi) is 3.66. The van der Waals surface area contributed by atoms with Gasteiger partial charge in [-0.1, -0.05) is 11.6 Å². The van der Waals surface area contributed by atoms with Crippen molar-refractivity contribution < 1.29 is 4.79 Å². The molecule has 0 radical (unpaired) electrons. The quantitative estimate of drug-likeness (QED) is 0.632. The minimum absolute atomic E-state index is 0.182. The molecule has 0 bridgehead atoms. The van der Waals surface area contributed by atoms with E-state index in [0.29, 0.717) is 12.4 Å². The molecule has 1 amide bonds. The second-order valence-corrected chi connectivity index (χ2v) is 3.79.